The normalized spacial score (nSPS) is 17.9. The lowest BCUT2D eigenvalue weighted by atomic mass is 10.1. The number of carbonyl (C=O) groups excluding carboxylic acids is 1. The first-order valence-electron chi connectivity index (χ1n) is 10.8. The SMILES string of the molecule is Cc1ccc(C(=O)NCc2nnc3n2CCCCC3)cc1S(=O)(=O)N1CCCCC1. The van der Waals surface area contributed by atoms with Gasteiger partial charge < -0.3 is 9.88 Å². The van der Waals surface area contributed by atoms with Crippen LogP contribution in [0.5, 0.6) is 0 Å². The number of hydrogen-bond acceptors (Lipinski definition) is 5. The number of piperidine rings is 1. The minimum Gasteiger partial charge on any atom is -0.345 e. The summed E-state index contributed by atoms with van der Waals surface area (Å²) in [5.74, 6) is 1.41. The van der Waals surface area contributed by atoms with Gasteiger partial charge in [0.1, 0.15) is 5.82 Å². The van der Waals surface area contributed by atoms with Crippen LogP contribution in [0.3, 0.4) is 0 Å². The molecule has 0 saturated carbocycles. The third-order valence-corrected chi connectivity index (χ3v) is 8.02. The van der Waals surface area contributed by atoms with E-state index in [1.165, 1.54) is 16.8 Å². The van der Waals surface area contributed by atoms with Crippen molar-refractivity contribution in [3.05, 3.63) is 41.0 Å². The molecule has 1 saturated heterocycles. The molecular formula is C21H29N5O3S. The van der Waals surface area contributed by atoms with E-state index in [2.05, 4.69) is 20.1 Å². The molecule has 0 unspecified atom stereocenters. The lowest BCUT2D eigenvalue weighted by Gasteiger charge is -2.26. The number of hydrogen-bond donors (Lipinski definition) is 1. The van der Waals surface area contributed by atoms with Crippen LogP contribution in [0.2, 0.25) is 0 Å². The molecule has 3 heterocycles. The molecule has 8 nitrogen and oxygen atoms in total. The maximum Gasteiger partial charge on any atom is 0.251 e. The molecule has 1 amide bonds. The van der Waals surface area contributed by atoms with Crippen molar-refractivity contribution < 1.29 is 13.2 Å². The summed E-state index contributed by atoms with van der Waals surface area (Å²) in [5.41, 5.74) is 0.992. The second-order valence-electron chi connectivity index (χ2n) is 8.12. The number of carbonyl (C=O) groups is 1. The third kappa shape index (κ3) is 4.27. The zero-order valence-corrected chi connectivity index (χ0v) is 18.2. The quantitative estimate of drug-likeness (QED) is 0.784. The Morgan fingerprint density at radius 3 is 2.57 bits per heavy atom. The Morgan fingerprint density at radius 1 is 1.03 bits per heavy atom. The van der Waals surface area contributed by atoms with Gasteiger partial charge in [0, 0.05) is 31.6 Å². The van der Waals surface area contributed by atoms with E-state index in [9.17, 15) is 13.2 Å². The molecule has 4 rings (SSSR count). The smallest absolute Gasteiger partial charge is 0.251 e. The van der Waals surface area contributed by atoms with Crippen molar-refractivity contribution in [1.29, 1.82) is 0 Å². The maximum absolute atomic E-state index is 13.1. The van der Waals surface area contributed by atoms with Crippen LogP contribution >= 0.6 is 0 Å². The second kappa shape index (κ2) is 8.85. The average molecular weight is 432 g/mol. The van der Waals surface area contributed by atoms with Crippen LogP contribution < -0.4 is 5.32 Å². The van der Waals surface area contributed by atoms with E-state index in [0.29, 0.717) is 24.2 Å². The highest BCUT2D eigenvalue weighted by molar-refractivity contribution is 7.89. The molecule has 9 heteroatoms. The predicted molar refractivity (Wildman–Crippen MR) is 113 cm³/mol. The van der Waals surface area contributed by atoms with Crippen LogP contribution in [-0.4, -0.2) is 46.5 Å². The van der Waals surface area contributed by atoms with Crippen molar-refractivity contribution in [2.75, 3.05) is 13.1 Å². The topological polar surface area (TPSA) is 97.2 Å². The molecule has 2 aromatic rings. The molecule has 2 aliphatic heterocycles. The van der Waals surface area contributed by atoms with Crippen LogP contribution in [-0.2, 0) is 29.5 Å². The molecule has 0 aliphatic carbocycles. The molecule has 1 aromatic heterocycles. The van der Waals surface area contributed by atoms with Gasteiger partial charge >= 0.3 is 0 Å². The highest BCUT2D eigenvalue weighted by atomic mass is 32.2. The Balaban J connectivity index is 1.50. The molecule has 0 bridgehead atoms. The number of nitrogens with one attached hydrogen (secondary N) is 1. The van der Waals surface area contributed by atoms with Crippen LogP contribution in [0.4, 0.5) is 0 Å². The van der Waals surface area contributed by atoms with Crippen molar-refractivity contribution in [3.63, 3.8) is 0 Å². The summed E-state index contributed by atoms with van der Waals surface area (Å²) in [6.07, 6.45) is 7.09. The van der Waals surface area contributed by atoms with Gasteiger partial charge in [-0.2, -0.15) is 4.31 Å². The summed E-state index contributed by atoms with van der Waals surface area (Å²) >= 11 is 0. The van der Waals surface area contributed by atoms with Crippen LogP contribution in [0.15, 0.2) is 23.1 Å². The van der Waals surface area contributed by atoms with Crippen molar-refractivity contribution in [2.45, 2.75) is 69.9 Å². The number of sulfonamides is 1. The van der Waals surface area contributed by atoms with E-state index in [4.69, 9.17) is 0 Å². The number of rotatable bonds is 5. The van der Waals surface area contributed by atoms with Gasteiger partial charge in [-0.15, -0.1) is 10.2 Å². The standard InChI is InChI=1S/C21H29N5O3S/c1-16-9-10-17(14-18(16)30(28,29)25-11-5-3-6-12-25)21(27)22-15-20-24-23-19-8-4-2-7-13-26(19)20/h9-10,14H,2-8,11-13,15H2,1H3,(H,22,27). The van der Waals surface area contributed by atoms with E-state index in [-0.39, 0.29) is 17.3 Å². The number of benzene rings is 1. The van der Waals surface area contributed by atoms with Gasteiger partial charge in [0.25, 0.3) is 5.91 Å². The Bertz CT molecular complexity index is 1030. The fraction of sp³-hybridized carbons (Fsp3) is 0.571. The van der Waals surface area contributed by atoms with Crippen molar-refractivity contribution in [1.82, 2.24) is 24.4 Å². The van der Waals surface area contributed by atoms with Gasteiger partial charge in [0.15, 0.2) is 5.82 Å². The van der Waals surface area contributed by atoms with E-state index >= 15 is 0 Å². The molecule has 1 N–H and O–H groups in total. The van der Waals surface area contributed by atoms with E-state index in [1.54, 1.807) is 19.1 Å². The first-order chi connectivity index (χ1) is 14.5. The minimum absolute atomic E-state index is 0.216. The fourth-order valence-electron chi connectivity index (χ4n) is 4.20. The van der Waals surface area contributed by atoms with Gasteiger partial charge in [0.05, 0.1) is 11.4 Å². The first-order valence-corrected chi connectivity index (χ1v) is 12.2. The van der Waals surface area contributed by atoms with E-state index in [1.807, 2.05) is 0 Å². The summed E-state index contributed by atoms with van der Waals surface area (Å²) in [5, 5.41) is 11.4. The fourth-order valence-corrected chi connectivity index (χ4v) is 5.97. The number of nitrogens with zero attached hydrogens (tertiary/aromatic N) is 4. The molecule has 2 aliphatic rings. The maximum atomic E-state index is 13.1. The highest BCUT2D eigenvalue weighted by Gasteiger charge is 2.28. The van der Waals surface area contributed by atoms with Crippen LogP contribution in [0.25, 0.3) is 0 Å². The largest absolute Gasteiger partial charge is 0.345 e. The lowest BCUT2D eigenvalue weighted by Crippen LogP contribution is -2.36. The first kappa shape index (κ1) is 21.0. The number of aromatic nitrogens is 3. The molecular weight excluding hydrogens is 402 g/mol. The summed E-state index contributed by atoms with van der Waals surface area (Å²) in [7, 11) is -3.60. The van der Waals surface area contributed by atoms with Gasteiger partial charge in [-0.25, -0.2) is 8.42 Å². The molecule has 1 aromatic carbocycles. The average Bonchev–Trinajstić information content (AvgIpc) is 2.98. The minimum atomic E-state index is -3.60. The van der Waals surface area contributed by atoms with Gasteiger partial charge in [-0.1, -0.05) is 18.9 Å². The van der Waals surface area contributed by atoms with Crippen molar-refractivity contribution >= 4 is 15.9 Å². The van der Waals surface area contributed by atoms with Crippen molar-refractivity contribution in [2.24, 2.45) is 0 Å². The molecule has 0 spiro atoms. The molecule has 0 atom stereocenters. The Morgan fingerprint density at radius 2 is 1.77 bits per heavy atom. The summed E-state index contributed by atoms with van der Waals surface area (Å²) in [4.78, 5) is 13.0. The molecule has 1 fully saturated rings. The third-order valence-electron chi connectivity index (χ3n) is 5.98. The predicted octanol–water partition coefficient (Wildman–Crippen LogP) is 2.42. The van der Waals surface area contributed by atoms with Crippen LogP contribution in [0.1, 0.15) is 66.1 Å². The zero-order chi connectivity index (χ0) is 21.1. The summed E-state index contributed by atoms with van der Waals surface area (Å²) in [6, 6.07) is 4.87. The van der Waals surface area contributed by atoms with Gasteiger partial charge in [0.2, 0.25) is 10.0 Å². The number of amides is 1. The number of fused-ring (bicyclic) bond motifs is 1. The van der Waals surface area contributed by atoms with Crippen molar-refractivity contribution in [3.8, 4) is 0 Å². The Kier molecular flexibility index (Phi) is 6.19. The van der Waals surface area contributed by atoms with Gasteiger partial charge in [-0.05, 0) is 50.3 Å². The second-order valence-corrected chi connectivity index (χ2v) is 10.0. The lowest BCUT2D eigenvalue weighted by molar-refractivity contribution is 0.0949. The highest BCUT2D eigenvalue weighted by Crippen LogP contribution is 2.24. The molecule has 30 heavy (non-hydrogen) atoms. The summed E-state index contributed by atoms with van der Waals surface area (Å²) < 4.78 is 29.8. The van der Waals surface area contributed by atoms with Gasteiger partial charge in [-0.3, -0.25) is 4.79 Å². The zero-order valence-electron chi connectivity index (χ0n) is 17.4. The summed E-state index contributed by atoms with van der Waals surface area (Å²) in [6.45, 7) is 3.99. The van der Waals surface area contributed by atoms with Crippen LogP contribution in [0, 0.1) is 6.92 Å². The molecule has 162 valence electrons. The Hall–Kier alpha value is -2.26. The monoisotopic (exact) mass is 431 g/mol. The molecule has 0 radical (unpaired) electrons. The van der Waals surface area contributed by atoms with E-state index in [0.717, 1.165) is 56.7 Å². The number of aryl methyl sites for hydroxylation is 2. The van der Waals surface area contributed by atoms with E-state index < -0.39 is 10.0 Å². The Labute approximate surface area is 177 Å².